The van der Waals surface area contributed by atoms with E-state index in [-0.39, 0.29) is 25.7 Å². The minimum Gasteiger partial charge on any atom is -0.481 e. The fraction of sp³-hybridized carbons (Fsp3) is 0.441. The number of aliphatic hydroxyl groups excluding tert-OH is 2. The Labute approximate surface area is 256 Å². The van der Waals surface area contributed by atoms with Crippen molar-refractivity contribution >= 4 is 35.9 Å². The van der Waals surface area contributed by atoms with Crippen molar-refractivity contribution in [2.45, 2.75) is 90.5 Å². The molecule has 2 aromatic rings. The number of nitrogens with zero attached hydrogens (tertiary/aromatic N) is 1. The third-order valence-electron chi connectivity index (χ3n) is 9.74. The number of aliphatic imine (C=N–C) groups is 1. The first-order valence-electron chi connectivity index (χ1n) is 15.0. The van der Waals surface area contributed by atoms with E-state index in [0.717, 1.165) is 27.7 Å². The van der Waals surface area contributed by atoms with Gasteiger partial charge in [-0.05, 0) is 112 Å². The highest BCUT2D eigenvalue weighted by Gasteiger charge is 2.63. The van der Waals surface area contributed by atoms with E-state index in [1.165, 1.54) is 0 Å². The smallest absolute Gasteiger partial charge is 0.303 e. The number of rotatable bonds is 8. The van der Waals surface area contributed by atoms with E-state index in [2.05, 4.69) is 15.3 Å². The summed E-state index contributed by atoms with van der Waals surface area (Å²) in [6, 6.07) is 7.82. The standard InChI is InChI=1S/C34H42N4O6/c1-18-26(11-12-28(41)42)31-32(5,14-13-29(43)44)34(21(4)40)19(2)30(20(3)39)33(6,38-34)17-25-10-9-23(36-25)15-22-7-8-24(35-22)16-27(18)37-31/h7-10,15-17,20-21,35-36,38-40H,11-14H2,1-6H3,(H,41,42)(H,43,44)/b23-15-,25-17-,27-16-. The van der Waals surface area contributed by atoms with E-state index < -0.39 is 40.6 Å². The molecular weight excluding hydrogens is 560 g/mol. The number of nitrogens with one attached hydrogen (secondary N) is 3. The first kappa shape index (κ1) is 31.4. The van der Waals surface area contributed by atoms with Gasteiger partial charge in [-0.1, -0.05) is 6.92 Å². The average Bonchev–Trinajstić information content (AvgIpc) is 3.68. The van der Waals surface area contributed by atoms with E-state index in [0.29, 0.717) is 28.1 Å². The van der Waals surface area contributed by atoms with E-state index in [9.17, 15) is 30.0 Å². The summed E-state index contributed by atoms with van der Waals surface area (Å²) in [6.45, 7) is 11.0. The van der Waals surface area contributed by atoms with Crippen LogP contribution in [0.5, 0.6) is 0 Å². The number of carboxylic acids is 2. The van der Waals surface area contributed by atoms with Crippen LogP contribution in [0.15, 0.2) is 57.2 Å². The Morgan fingerprint density at radius 1 is 0.909 bits per heavy atom. The molecule has 0 saturated carbocycles. The van der Waals surface area contributed by atoms with Crippen LogP contribution in [0, 0.1) is 5.41 Å². The normalized spacial score (nSPS) is 30.5. The monoisotopic (exact) mass is 602 g/mol. The Bertz CT molecular complexity index is 1770. The molecule has 0 fully saturated rings. The largest absolute Gasteiger partial charge is 0.481 e. The lowest BCUT2D eigenvalue weighted by Crippen LogP contribution is -2.68. The number of carboxylic acid groups (broad SMARTS) is 2. The highest BCUT2D eigenvalue weighted by molar-refractivity contribution is 6.10. The maximum absolute atomic E-state index is 12.1. The zero-order valence-corrected chi connectivity index (χ0v) is 26.1. The van der Waals surface area contributed by atoms with Crippen molar-refractivity contribution < 1.29 is 30.0 Å². The summed E-state index contributed by atoms with van der Waals surface area (Å²) in [5.41, 5.74) is 2.31. The molecule has 0 amide bonds. The van der Waals surface area contributed by atoms with Gasteiger partial charge in [-0.25, -0.2) is 0 Å². The number of hydrogen-bond acceptors (Lipinski definition) is 6. The number of carbonyl (C=O) groups is 2. The molecule has 5 heterocycles. The first-order chi connectivity index (χ1) is 20.6. The van der Waals surface area contributed by atoms with Gasteiger partial charge in [-0.15, -0.1) is 0 Å². The van der Waals surface area contributed by atoms with Gasteiger partial charge in [0.15, 0.2) is 0 Å². The number of aliphatic carboxylic acids is 2. The lowest BCUT2D eigenvalue weighted by molar-refractivity contribution is -0.138. The summed E-state index contributed by atoms with van der Waals surface area (Å²) in [4.78, 5) is 35.9. The van der Waals surface area contributed by atoms with Crippen LogP contribution in [-0.2, 0) is 9.59 Å². The predicted molar refractivity (Wildman–Crippen MR) is 169 cm³/mol. The van der Waals surface area contributed by atoms with Crippen molar-refractivity contribution in [3.05, 3.63) is 74.3 Å². The molecular formula is C34H42N4O6. The van der Waals surface area contributed by atoms with Crippen molar-refractivity contribution in [1.82, 2.24) is 15.3 Å². The van der Waals surface area contributed by atoms with E-state index in [4.69, 9.17) is 4.99 Å². The van der Waals surface area contributed by atoms with Crippen molar-refractivity contribution in [1.29, 1.82) is 0 Å². The molecule has 0 saturated heterocycles. The third-order valence-corrected chi connectivity index (χ3v) is 9.74. The summed E-state index contributed by atoms with van der Waals surface area (Å²) in [7, 11) is 0. The van der Waals surface area contributed by atoms with Crippen molar-refractivity contribution in [3.63, 3.8) is 0 Å². The van der Waals surface area contributed by atoms with Gasteiger partial charge in [0.1, 0.15) is 0 Å². The van der Waals surface area contributed by atoms with Crippen molar-refractivity contribution in [2.24, 2.45) is 10.4 Å². The van der Waals surface area contributed by atoms with Crippen LogP contribution in [-0.4, -0.2) is 71.3 Å². The number of allylic oxidation sites excluding steroid dienone is 2. The van der Waals surface area contributed by atoms with Gasteiger partial charge in [0.05, 0.1) is 34.7 Å². The Kier molecular flexibility index (Phi) is 7.99. The summed E-state index contributed by atoms with van der Waals surface area (Å²) in [5.74, 6) is -1.96. The number of H-pyrrole nitrogens is 2. The van der Waals surface area contributed by atoms with Gasteiger partial charge in [0.2, 0.25) is 0 Å². The minimum atomic E-state index is -1.29. The molecule has 5 rings (SSSR count). The maximum Gasteiger partial charge on any atom is 0.303 e. The molecule has 5 unspecified atom stereocenters. The summed E-state index contributed by atoms with van der Waals surface area (Å²) >= 11 is 0. The molecule has 3 aliphatic rings. The first-order valence-corrected chi connectivity index (χ1v) is 15.0. The van der Waals surface area contributed by atoms with Crippen LogP contribution in [0.1, 0.15) is 78.6 Å². The molecule has 0 radical (unpaired) electrons. The lowest BCUT2D eigenvalue weighted by Gasteiger charge is -2.52. The molecule has 5 atom stereocenters. The lowest BCUT2D eigenvalue weighted by atomic mass is 9.58. The number of fused-ring (bicyclic) bond motifs is 7. The fourth-order valence-electron chi connectivity index (χ4n) is 7.88. The highest BCUT2D eigenvalue weighted by atomic mass is 16.4. The Morgan fingerprint density at radius 3 is 2.16 bits per heavy atom. The van der Waals surface area contributed by atoms with E-state index >= 15 is 0 Å². The molecule has 10 heteroatoms. The number of hydrogen-bond donors (Lipinski definition) is 7. The van der Waals surface area contributed by atoms with E-state index in [1.807, 2.05) is 70.2 Å². The van der Waals surface area contributed by atoms with Crippen LogP contribution in [0.3, 0.4) is 0 Å². The molecule has 0 aromatic carbocycles. The number of aliphatic hydroxyl groups is 2. The topological polar surface area (TPSA) is 171 Å². The zero-order chi connectivity index (χ0) is 32.2. The fourth-order valence-corrected chi connectivity index (χ4v) is 7.88. The van der Waals surface area contributed by atoms with Gasteiger partial charge >= 0.3 is 11.9 Å². The molecule has 0 spiro atoms. The molecule has 0 aliphatic carbocycles. The SMILES string of the molecule is CC1=C(CCC(=O)O)C2=N/C1=C\c1ccc([nH]1)/C=c1/cc/c([nH]1)=C/C1(C)NC(C(C)O)(C(C)=C1C(C)O)C2(C)CCC(=O)O. The number of aromatic nitrogens is 2. The third kappa shape index (κ3) is 5.10. The summed E-state index contributed by atoms with van der Waals surface area (Å²) in [5, 5.41) is 48.1. The zero-order valence-electron chi connectivity index (χ0n) is 26.1. The average molecular weight is 603 g/mol. The van der Waals surface area contributed by atoms with Gasteiger partial charge in [0, 0.05) is 40.3 Å². The molecule has 2 aromatic heterocycles. The predicted octanol–water partition coefficient (Wildman–Crippen LogP) is 2.99. The van der Waals surface area contributed by atoms with Crippen molar-refractivity contribution in [2.75, 3.05) is 0 Å². The quantitative estimate of drug-likeness (QED) is 0.228. The second-order valence-corrected chi connectivity index (χ2v) is 12.8. The second kappa shape index (κ2) is 11.2. The Hall–Kier alpha value is -3.99. The second-order valence-electron chi connectivity index (χ2n) is 12.8. The van der Waals surface area contributed by atoms with Crippen LogP contribution >= 0.6 is 0 Å². The molecule has 234 valence electrons. The van der Waals surface area contributed by atoms with Gasteiger partial charge in [-0.3, -0.25) is 19.9 Å². The van der Waals surface area contributed by atoms with Gasteiger partial charge in [-0.2, -0.15) is 0 Å². The molecule has 8 bridgehead atoms. The molecule has 10 nitrogen and oxygen atoms in total. The van der Waals surface area contributed by atoms with Crippen LogP contribution in [0.2, 0.25) is 0 Å². The van der Waals surface area contributed by atoms with Gasteiger partial charge in [0.25, 0.3) is 0 Å². The maximum atomic E-state index is 12.1. The Morgan fingerprint density at radius 2 is 1.55 bits per heavy atom. The summed E-state index contributed by atoms with van der Waals surface area (Å²) < 4.78 is 0. The molecule has 3 aliphatic heterocycles. The van der Waals surface area contributed by atoms with Crippen molar-refractivity contribution in [3.8, 4) is 0 Å². The number of aromatic amines is 2. The Balaban J connectivity index is 1.91. The molecule has 44 heavy (non-hydrogen) atoms. The van der Waals surface area contributed by atoms with Crippen LogP contribution in [0.25, 0.3) is 18.2 Å². The molecule has 7 N–H and O–H groups in total. The van der Waals surface area contributed by atoms with E-state index in [1.54, 1.807) is 13.8 Å². The van der Waals surface area contributed by atoms with Crippen LogP contribution in [0.4, 0.5) is 0 Å². The summed E-state index contributed by atoms with van der Waals surface area (Å²) in [6.07, 6.45) is 3.81. The van der Waals surface area contributed by atoms with Crippen LogP contribution < -0.4 is 16.0 Å². The van der Waals surface area contributed by atoms with Gasteiger partial charge < -0.3 is 30.4 Å². The highest BCUT2D eigenvalue weighted by Crippen LogP contribution is 2.55. The minimum absolute atomic E-state index is 0.0883.